The Bertz CT molecular complexity index is 560. The van der Waals surface area contributed by atoms with Gasteiger partial charge in [0.25, 0.3) is 0 Å². The van der Waals surface area contributed by atoms with Crippen molar-refractivity contribution in [1.29, 1.82) is 0 Å². The molecule has 0 aliphatic heterocycles. The van der Waals surface area contributed by atoms with Crippen LogP contribution in [0.25, 0.3) is 11.0 Å². The van der Waals surface area contributed by atoms with Gasteiger partial charge in [-0.05, 0) is 37.4 Å². The van der Waals surface area contributed by atoms with E-state index in [0.29, 0.717) is 12.5 Å². The van der Waals surface area contributed by atoms with Crippen molar-refractivity contribution in [2.75, 3.05) is 13.7 Å². The molecule has 0 fully saturated rings. The summed E-state index contributed by atoms with van der Waals surface area (Å²) in [4.78, 5) is 4.76. The first-order valence-corrected chi connectivity index (χ1v) is 7.39. The molecule has 0 atom stereocenters. The molecular formula is C16H25N3O. The van der Waals surface area contributed by atoms with Gasteiger partial charge in [-0.2, -0.15) is 0 Å². The number of fused-ring (bicyclic) bond motifs is 1. The number of benzene rings is 1. The van der Waals surface area contributed by atoms with Gasteiger partial charge in [-0.15, -0.1) is 0 Å². The van der Waals surface area contributed by atoms with Crippen molar-refractivity contribution in [2.45, 2.75) is 39.7 Å². The summed E-state index contributed by atoms with van der Waals surface area (Å²) in [5.41, 5.74) is 7.84. The molecule has 0 unspecified atom stereocenters. The summed E-state index contributed by atoms with van der Waals surface area (Å²) in [5.74, 6) is 2.68. The van der Waals surface area contributed by atoms with Gasteiger partial charge < -0.3 is 15.0 Å². The normalized spacial score (nSPS) is 11.4. The van der Waals surface area contributed by atoms with Gasteiger partial charge in [0.15, 0.2) is 0 Å². The summed E-state index contributed by atoms with van der Waals surface area (Å²) in [6, 6.07) is 6.11. The van der Waals surface area contributed by atoms with Crippen LogP contribution in [0, 0.1) is 5.92 Å². The largest absolute Gasteiger partial charge is 0.497 e. The summed E-state index contributed by atoms with van der Waals surface area (Å²) in [5, 5.41) is 0. The van der Waals surface area contributed by atoms with E-state index in [2.05, 4.69) is 24.5 Å². The Hall–Kier alpha value is -1.55. The minimum absolute atomic E-state index is 0.688. The van der Waals surface area contributed by atoms with Crippen LogP contribution in [0.1, 0.15) is 32.5 Å². The highest BCUT2D eigenvalue weighted by Gasteiger charge is 2.11. The Morgan fingerprint density at radius 1 is 1.35 bits per heavy atom. The molecule has 0 aliphatic carbocycles. The fourth-order valence-electron chi connectivity index (χ4n) is 2.37. The number of rotatable bonds is 7. The molecule has 0 bridgehead atoms. The molecule has 110 valence electrons. The Morgan fingerprint density at radius 2 is 2.15 bits per heavy atom. The molecular weight excluding hydrogens is 250 g/mol. The van der Waals surface area contributed by atoms with Crippen molar-refractivity contribution in [1.82, 2.24) is 9.55 Å². The zero-order valence-corrected chi connectivity index (χ0v) is 12.7. The number of hydrogen-bond donors (Lipinski definition) is 1. The van der Waals surface area contributed by atoms with Crippen LogP contribution in [0.2, 0.25) is 0 Å². The fourth-order valence-corrected chi connectivity index (χ4v) is 2.37. The van der Waals surface area contributed by atoms with Crippen LogP contribution >= 0.6 is 0 Å². The summed E-state index contributed by atoms with van der Waals surface area (Å²) >= 11 is 0. The lowest BCUT2D eigenvalue weighted by Gasteiger charge is -2.11. The minimum Gasteiger partial charge on any atom is -0.497 e. The minimum atomic E-state index is 0.688. The lowest BCUT2D eigenvalue weighted by Crippen LogP contribution is -2.08. The summed E-state index contributed by atoms with van der Waals surface area (Å²) in [6.45, 7) is 6.22. The molecule has 0 spiro atoms. The monoisotopic (exact) mass is 275 g/mol. The fraction of sp³-hybridized carbons (Fsp3) is 0.562. The average Bonchev–Trinajstić information content (AvgIpc) is 2.79. The molecule has 2 rings (SSSR count). The number of ether oxygens (including phenoxy) is 1. The summed E-state index contributed by atoms with van der Waals surface area (Å²) in [7, 11) is 1.69. The lowest BCUT2D eigenvalue weighted by molar-refractivity contribution is 0.415. The average molecular weight is 275 g/mol. The number of nitrogens with zero attached hydrogens (tertiary/aromatic N) is 2. The molecule has 1 aromatic carbocycles. The predicted molar refractivity (Wildman–Crippen MR) is 83.1 cm³/mol. The SMILES string of the molecule is COc1ccc2c(c1)nc(CCCN)n2CCC(C)C. The van der Waals surface area contributed by atoms with Crippen LogP contribution in [0.4, 0.5) is 0 Å². The van der Waals surface area contributed by atoms with Crippen molar-refractivity contribution in [3.8, 4) is 5.75 Å². The molecule has 0 amide bonds. The maximum absolute atomic E-state index is 5.63. The quantitative estimate of drug-likeness (QED) is 0.845. The van der Waals surface area contributed by atoms with Gasteiger partial charge in [-0.25, -0.2) is 4.98 Å². The highest BCUT2D eigenvalue weighted by atomic mass is 16.5. The summed E-state index contributed by atoms with van der Waals surface area (Å²) in [6.07, 6.45) is 3.07. The van der Waals surface area contributed by atoms with Crippen molar-refractivity contribution < 1.29 is 4.74 Å². The molecule has 1 aromatic heterocycles. The second-order valence-corrected chi connectivity index (χ2v) is 5.61. The Kier molecular flexibility index (Phi) is 5.01. The highest BCUT2D eigenvalue weighted by molar-refractivity contribution is 5.77. The molecule has 0 aliphatic rings. The van der Waals surface area contributed by atoms with Crippen molar-refractivity contribution in [2.24, 2.45) is 11.7 Å². The van der Waals surface area contributed by atoms with Gasteiger partial charge in [0.1, 0.15) is 11.6 Å². The third-order valence-electron chi connectivity index (χ3n) is 3.57. The Balaban J connectivity index is 2.37. The summed E-state index contributed by atoms with van der Waals surface area (Å²) < 4.78 is 7.62. The first kappa shape index (κ1) is 14.9. The van der Waals surface area contributed by atoms with Gasteiger partial charge in [0, 0.05) is 19.0 Å². The van der Waals surface area contributed by atoms with E-state index in [4.69, 9.17) is 15.5 Å². The number of methoxy groups -OCH3 is 1. The third-order valence-corrected chi connectivity index (χ3v) is 3.57. The standard InChI is InChI=1S/C16H25N3O/c1-12(2)8-10-19-15-7-6-13(20-3)11-14(15)18-16(19)5-4-9-17/h6-7,11-12H,4-5,8-10,17H2,1-3H3. The number of imidazole rings is 1. The zero-order chi connectivity index (χ0) is 14.5. The Labute approximate surface area is 120 Å². The van der Waals surface area contributed by atoms with E-state index < -0.39 is 0 Å². The van der Waals surface area contributed by atoms with Gasteiger partial charge in [0.2, 0.25) is 0 Å². The molecule has 4 heteroatoms. The third kappa shape index (κ3) is 3.31. The first-order chi connectivity index (χ1) is 9.65. The van der Waals surface area contributed by atoms with E-state index >= 15 is 0 Å². The Morgan fingerprint density at radius 3 is 2.80 bits per heavy atom. The van der Waals surface area contributed by atoms with Gasteiger partial charge >= 0.3 is 0 Å². The van der Waals surface area contributed by atoms with Crippen LogP contribution in [-0.4, -0.2) is 23.2 Å². The van der Waals surface area contributed by atoms with Crippen molar-refractivity contribution in [3.63, 3.8) is 0 Å². The molecule has 20 heavy (non-hydrogen) atoms. The molecule has 0 saturated heterocycles. The van der Waals surface area contributed by atoms with Crippen LogP contribution < -0.4 is 10.5 Å². The lowest BCUT2D eigenvalue weighted by atomic mass is 10.1. The van der Waals surface area contributed by atoms with Crippen LogP contribution in [0.5, 0.6) is 5.75 Å². The smallest absolute Gasteiger partial charge is 0.121 e. The van der Waals surface area contributed by atoms with Crippen molar-refractivity contribution in [3.05, 3.63) is 24.0 Å². The van der Waals surface area contributed by atoms with Gasteiger partial charge in [0.05, 0.1) is 18.1 Å². The number of aryl methyl sites for hydroxylation is 2. The second-order valence-electron chi connectivity index (χ2n) is 5.61. The highest BCUT2D eigenvalue weighted by Crippen LogP contribution is 2.23. The van der Waals surface area contributed by atoms with Crippen LogP contribution in [0.15, 0.2) is 18.2 Å². The zero-order valence-electron chi connectivity index (χ0n) is 12.7. The van der Waals surface area contributed by atoms with Gasteiger partial charge in [-0.3, -0.25) is 0 Å². The molecule has 4 nitrogen and oxygen atoms in total. The van der Waals surface area contributed by atoms with E-state index in [1.807, 2.05) is 12.1 Å². The number of hydrogen-bond acceptors (Lipinski definition) is 3. The maximum atomic E-state index is 5.63. The molecule has 0 saturated carbocycles. The van der Waals surface area contributed by atoms with E-state index in [1.165, 1.54) is 5.52 Å². The van der Waals surface area contributed by atoms with E-state index in [1.54, 1.807) is 7.11 Å². The van der Waals surface area contributed by atoms with Crippen LogP contribution in [-0.2, 0) is 13.0 Å². The van der Waals surface area contributed by atoms with Crippen molar-refractivity contribution >= 4 is 11.0 Å². The van der Waals surface area contributed by atoms with E-state index in [-0.39, 0.29) is 0 Å². The predicted octanol–water partition coefficient (Wildman–Crippen LogP) is 2.98. The van der Waals surface area contributed by atoms with E-state index in [0.717, 1.165) is 42.9 Å². The first-order valence-electron chi connectivity index (χ1n) is 7.39. The number of aromatic nitrogens is 2. The topological polar surface area (TPSA) is 53.1 Å². The number of nitrogens with two attached hydrogens (primary N) is 1. The molecule has 0 radical (unpaired) electrons. The maximum Gasteiger partial charge on any atom is 0.121 e. The molecule has 2 aromatic rings. The van der Waals surface area contributed by atoms with Gasteiger partial charge in [-0.1, -0.05) is 13.8 Å². The van der Waals surface area contributed by atoms with Crippen LogP contribution in [0.3, 0.4) is 0 Å². The van der Waals surface area contributed by atoms with E-state index in [9.17, 15) is 0 Å². The second kappa shape index (κ2) is 6.75. The molecule has 2 N–H and O–H groups in total. The molecule has 1 heterocycles.